The molecule has 0 heterocycles. The highest BCUT2D eigenvalue weighted by atomic mass is 35.5. The van der Waals surface area contributed by atoms with Gasteiger partial charge in [0.2, 0.25) is 0 Å². The van der Waals surface area contributed by atoms with E-state index in [9.17, 15) is 0 Å². The summed E-state index contributed by atoms with van der Waals surface area (Å²) in [5, 5.41) is 9.07. The minimum Gasteiger partial charge on any atom is -1.00 e. The summed E-state index contributed by atoms with van der Waals surface area (Å²) in [6.45, 7) is 1.20. The Morgan fingerprint density at radius 3 is 2.21 bits per heavy atom. The van der Waals surface area contributed by atoms with Crippen LogP contribution in [-0.4, -0.2) is 25.7 Å². The Balaban J connectivity index is 0.00000169. The van der Waals surface area contributed by atoms with E-state index in [0.717, 1.165) is 6.42 Å². The number of benzene rings is 1. The topological polar surface area (TPSA) is 24.7 Å². The number of halogens is 1. The van der Waals surface area contributed by atoms with Gasteiger partial charge in [0.05, 0.1) is 20.6 Å². The summed E-state index contributed by atoms with van der Waals surface area (Å²) < 4.78 is 0. The van der Waals surface area contributed by atoms with Crippen molar-refractivity contribution in [1.29, 1.82) is 0 Å². The lowest BCUT2D eigenvalue weighted by molar-refractivity contribution is -0.858. The van der Waals surface area contributed by atoms with Crippen LogP contribution in [0.1, 0.15) is 12.0 Å². The Hall–Kier alpha value is -0.730. The summed E-state index contributed by atoms with van der Waals surface area (Å²) in [6, 6.07) is 7.47. The molecular formula is C11H18ClNO. The molecule has 0 radical (unpaired) electrons. The van der Waals surface area contributed by atoms with Crippen molar-refractivity contribution in [2.45, 2.75) is 12.8 Å². The van der Waals surface area contributed by atoms with Gasteiger partial charge in [0.1, 0.15) is 5.75 Å². The van der Waals surface area contributed by atoms with Gasteiger partial charge in [-0.15, -0.1) is 0 Å². The predicted octanol–water partition coefficient (Wildman–Crippen LogP) is -2.53. The van der Waals surface area contributed by atoms with Gasteiger partial charge in [0.15, 0.2) is 0 Å². The van der Waals surface area contributed by atoms with Gasteiger partial charge in [0, 0.05) is 6.42 Å². The van der Waals surface area contributed by atoms with E-state index >= 15 is 0 Å². The third kappa shape index (κ3) is 5.10. The zero-order valence-electron chi connectivity index (χ0n) is 8.76. The maximum absolute atomic E-state index is 9.07. The van der Waals surface area contributed by atoms with Crippen molar-refractivity contribution in [3.8, 4) is 5.75 Å². The number of phenolic OH excluding ortho intramolecular Hbond substituents is 1. The van der Waals surface area contributed by atoms with Gasteiger partial charge in [-0.05, 0) is 24.1 Å². The van der Waals surface area contributed by atoms with Gasteiger partial charge in [-0.2, -0.15) is 0 Å². The van der Waals surface area contributed by atoms with Gasteiger partial charge in [0.25, 0.3) is 0 Å². The van der Waals surface area contributed by atoms with Crippen molar-refractivity contribution < 1.29 is 22.4 Å². The van der Waals surface area contributed by atoms with E-state index in [-0.39, 0.29) is 12.4 Å². The molecule has 1 aromatic rings. The van der Waals surface area contributed by atoms with E-state index in [2.05, 4.69) is 14.1 Å². The third-order valence-corrected chi connectivity index (χ3v) is 2.08. The lowest BCUT2D eigenvalue weighted by atomic mass is 10.1. The molecule has 0 unspecified atom stereocenters. The maximum Gasteiger partial charge on any atom is 0.115 e. The van der Waals surface area contributed by atoms with Crippen LogP contribution >= 0.6 is 0 Å². The lowest BCUT2D eigenvalue weighted by Gasteiger charge is -2.06. The third-order valence-electron chi connectivity index (χ3n) is 2.08. The fraction of sp³-hybridized carbons (Fsp3) is 0.455. The van der Waals surface area contributed by atoms with Gasteiger partial charge in [-0.3, -0.25) is 0 Å². The second-order valence-corrected chi connectivity index (χ2v) is 3.73. The molecule has 0 aliphatic carbocycles. The molecule has 0 bridgehead atoms. The Bertz CT molecular complexity index is 246. The lowest BCUT2D eigenvalue weighted by Crippen LogP contribution is -3.05. The van der Waals surface area contributed by atoms with Crippen LogP contribution in [0, 0.1) is 0 Å². The van der Waals surface area contributed by atoms with Crippen LogP contribution < -0.4 is 17.3 Å². The molecule has 0 saturated heterocycles. The van der Waals surface area contributed by atoms with E-state index in [0.29, 0.717) is 5.75 Å². The summed E-state index contributed by atoms with van der Waals surface area (Å²) in [7, 11) is 4.33. The van der Waals surface area contributed by atoms with E-state index < -0.39 is 0 Å². The first-order chi connectivity index (χ1) is 6.18. The molecule has 0 aliphatic heterocycles. The van der Waals surface area contributed by atoms with Crippen LogP contribution in [-0.2, 0) is 6.42 Å². The van der Waals surface area contributed by atoms with Crippen molar-refractivity contribution >= 4 is 0 Å². The second kappa shape index (κ2) is 6.68. The Morgan fingerprint density at radius 1 is 1.14 bits per heavy atom. The fourth-order valence-electron chi connectivity index (χ4n) is 1.31. The molecule has 0 atom stereocenters. The Kier molecular flexibility index (Phi) is 6.34. The quantitative estimate of drug-likeness (QED) is 0.569. The first-order valence-corrected chi connectivity index (χ1v) is 4.75. The summed E-state index contributed by atoms with van der Waals surface area (Å²) >= 11 is 0. The van der Waals surface area contributed by atoms with Crippen molar-refractivity contribution in [2.75, 3.05) is 20.6 Å². The zero-order chi connectivity index (χ0) is 9.68. The zero-order valence-corrected chi connectivity index (χ0v) is 9.51. The molecule has 3 heteroatoms. The van der Waals surface area contributed by atoms with Gasteiger partial charge >= 0.3 is 0 Å². The smallest absolute Gasteiger partial charge is 0.115 e. The number of quaternary nitrogens is 1. The molecule has 0 aromatic heterocycles. The molecule has 0 amide bonds. The summed E-state index contributed by atoms with van der Waals surface area (Å²) in [4.78, 5) is 1.48. The molecule has 2 nitrogen and oxygen atoms in total. The number of nitrogens with one attached hydrogen (secondary N) is 1. The number of hydrogen-bond acceptors (Lipinski definition) is 1. The Morgan fingerprint density at radius 2 is 1.71 bits per heavy atom. The van der Waals surface area contributed by atoms with Crippen LogP contribution in [0.3, 0.4) is 0 Å². The average molecular weight is 216 g/mol. The molecule has 1 aromatic carbocycles. The molecule has 1 rings (SSSR count). The second-order valence-electron chi connectivity index (χ2n) is 3.73. The van der Waals surface area contributed by atoms with Crippen LogP contribution in [0.4, 0.5) is 0 Å². The summed E-state index contributed by atoms with van der Waals surface area (Å²) in [6.07, 6.45) is 2.30. The molecule has 80 valence electrons. The number of hydrogen-bond donors (Lipinski definition) is 2. The standard InChI is InChI=1S/C11H17NO.ClH/c1-12(2)9-3-4-10-5-7-11(13)8-6-10;/h5-8,13H,3-4,9H2,1-2H3;1H. The number of phenols is 1. The predicted molar refractivity (Wildman–Crippen MR) is 54.1 cm³/mol. The van der Waals surface area contributed by atoms with E-state index in [1.807, 2.05) is 12.1 Å². The van der Waals surface area contributed by atoms with Crippen molar-refractivity contribution in [3.63, 3.8) is 0 Å². The largest absolute Gasteiger partial charge is 1.00 e. The van der Waals surface area contributed by atoms with Crippen LogP contribution in [0.25, 0.3) is 0 Å². The van der Waals surface area contributed by atoms with Crippen molar-refractivity contribution in [2.24, 2.45) is 0 Å². The molecule has 0 saturated carbocycles. The monoisotopic (exact) mass is 215 g/mol. The molecule has 0 spiro atoms. The minimum absolute atomic E-state index is 0. The normalized spacial score (nSPS) is 9.93. The number of aromatic hydroxyl groups is 1. The highest BCUT2D eigenvalue weighted by molar-refractivity contribution is 5.25. The average Bonchev–Trinajstić information content (AvgIpc) is 2.08. The minimum atomic E-state index is 0. The highest BCUT2D eigenvalue weighted by Crippen LogP contribution is 2.10. The number of rotatable bonds is 4. The molecular weight excluding hydrogens is 198 g/mol. The fourth-order valence-corrected chi connectivity index (χ4v) is 1.31. The van der Waals surface area contributed by atoms with Crippen LogP contribution in [0.15, 0.2) is 24.3 Å². The van der Waals surface area contributed by atoms with Gasteiger partial charge in [-0.1, -0.05) is 12.1 Å². The summed E-state index contributed by atoms with van der Waals surface area (Å²) in [5.41, 5.74) is 1.30. The first kappa shape index (κ1) is 13.3. The molecule has 0 aliphatic rings. The van der Waals surface area contributed by atoms with Crippen LogP contribution in [0.5, 0.6) is 5.75 Å². The number of aryl methyl sites for hydroxylation is 1. The van der Waals surface area contributed by atoms with Gasteiger partial charge < -0.3 is 22.4 Å². The molecule has 0 fully saturated rings. The van der Waals surface area contributed by atoms with Gasteiger partial charge in [-0.25, -0.2) is 0 Å². The molecule has 14 heavy (non-hydrogen) atoms. The van der Waals surface area contributed by atoms with Crippen molar-refractivity contribution in [1.82, 2.24) is 0 Å². The Labute approximate surface area is 92.0 Å². The SMILES string of the molecule is C[NH+](C)CCCc1ccc(O)cc1.[Cl-]. The molecule has 2 N–H and O–H groups in total. The van der Waals surface area contributed by atoms with Crippen molar-refractivity contribution in [3.05, 3.63) is 29.8 Å². The first-order valence-electron chi connectivity index (χ1n) is 4.75. The highest BCUT2D eigenvalue weighted by Gasteiger charge is 1.96. The van der Waals surface area contributed by atoms with Crippen LogP contribution in [0.2, 0.25) is 0 Å². The van der Waals surface area contributed by atoms with E-state index in [1.165, 1.54) is 23.4 Å². The summed E-state index contributed by atoms with van der Waals surface area (Å²) in [5.74, 6) is 0.349. The van der Waals surface area contributed by atoms with E-state index in [4.69, 9.17) is 5.11 Å². The maximum atomic E-state index is 9.07. The van der Waals surface area contributed by atoms with E-state index in [1.54, 1.807) is 12.1 Å².